The zero-order chi connectivity index (χ0) is 23.3. The van der Waals surface area contributed by atoms with E-state index in [2.05, 4.69) is 25.2 Å². The molecular weight excluding hydrogens is 442 g/mol. The normalized spacial score (nSPS) is 11.2. The maximum atomic E-state index is 12.5. The minimum Gasteiger partial charge on any atom is -0.339 e. The molecule has 168 valence electrons. The molecular formula is C23H21N5O4S. The molecule has 0 aliphatic rings. The number of benzene rings is 2. The van der Waals surface area contributed by atoms with E-state index in [1.807, 2.05) is 6.92 Å². The Morgan fingerprint density at radius 2 is 1.61 bits per heavy atom. The molecule has 0 fully saturated rings. The summed E-state index contributed by atoms with van der Waals surface area (Å²) in [6, 6.07) is 16.5. The van der Waals surface area contributed by atoms with E-state index in [0.717, 1.165) is 11.1 Å². The molecule has 0 aliphatic heterocycles. The number of carbonyl (C=O) groups is 1. The minimum atomic E-state index is -3.69. The molecule has 9 nitrogen and oxygen atoms in total. The van der Waals surface area contributed by atoms with Crippen LogP contribution in [0.5, 0.6) is 0 Å². The van der Waals surface area contributed by atoms with Crippen LogP contribution in [0.4, 0.5) is 11.4 Å². The van der Waals surface area contributed by atoms with Crippen molar-refractivity contribution < 1.29 is 17.7 Å². The Morgan fingerprint density at radius 3 is 2.30 bits per heavy atom. The van der Waals surface area contributed by atoms with Crippen molar-refractivity contribution >= 4 is 27.3 Å². The third-order valence-electron chi connectivity index (χ3n) is 4.72. The number of sulfonamides is 1. The molecule has 33 heavy (non-hydrogen) atoms. The van der Waals surface area contributed by atoms with Gasteiger partial charge in [-0.3, -0.25) is 14.5 Å². The number of amides is 1. The fourth-order valence-corrected chi connectivity index (χ4v) is 4.03. The summed E-state index contributed by atoms with van der Waals surface area (Å²) in [6.07, 6.45) is 3.72. The van der Waals surface area contributed by atoms with Crippen molar-refractivity contribution in [2.24, 2.45) is 0 Å². The smallest absolute Gasteiger partial charge is 0.261 e. The first kappa shape index (κ1) is 22.2. The molecule has 0 atom stereocenters. The SMILES string of the molecule is Cc1ccc(S(=O)(=O)Nc2ccc(NC(=O)CCc3nc(-c4ccncc4)no3)cc2)cc1. The van der Waals surface area contributed by atoms with Crippen LogP contribution in [0.15, 0.2) is 82.5 Å². The fourth-order valence-electron chi connectivity index (χ4n) is 2.97. The first-order valence-electron chi connectivity index (χ1n) is 10.1. The highest BCUT2D eigenvalue weighted by atomic mass is 32.2. The lowest BCUT2D eigenvalue weighted by atomic mass is 10.2. The van der Waals surface area contributed by atoms with Crippen molar-refractivity contribution in [1.82, 2.24) is 15.1 Å². The van der Waals surface area contributed by atoms with Gasteiger partial charge in [-0.1, -0.05) is 22.9 Å². The van der Waals surface area contributed by atoms with Crippen molar-refractivity contribution in [1.29, 1.82) is 0 Å². The van der Waals surface area contributed by atoms with E-state index in [-0.39, 0.29) is 17.2 Å². The molecule has 0 radical (unpaired) electrons. The Bertz CT molecular complexity index is 1340. The first-order chi connectivity index (χ1) is 15.9. The van der Waals surface area contributed by atoms with Gasteiger partial charge >= 0.3 is 0 Å². The third-order valence-corrected chi connectivity index (χ3v) is 6.12. The average Bonchev–Trinajstić information content (AvgIpc) is 3.29. The van der Waals surface area contributed by atoms with Crippen molar-refractivity contribution in [3.8, 4) is 11.4 Å². The Hall–Kier alpha value is -4.05. The van der Waals surface area contributed by atoms with Gasteiger partial charge in [0, 0.05) is 42.2 Å². The van der Waals surface area contributed by atoms with Gasteiger partial charge in [-0.2, -0.15) is 4.98 Å². The topological polar surface area (TPSA) is 127 Å². The molecule has 0 aliphatic carbocycles. The van der Waals surface area contributed by atoms with Gasteiger partial charge in [-0.25, -0.2) is 8.42 Å². The van der Waals surface area contributed by atoms with Gasteiger partial charge in [-0.05, 0) is 55.5 Å². The maximum absolute atomic E-state index is 12.5. The molecule has 2 aromatic heterocycles. The van der Waals surface area contributed by atoms with Gasteiger partial charge < -0.3 is 9.84 Å². The van der Waals surface area contributed by atoms with Crippen molar-refractivity contribution in [2.75, 3.05) is 10.0 Å². The lowest BCUT2D eigenvalue weighted by Crippen LogP contribution is -2.14. The third kappa shape index (κ3) is 5.80. The van der Waals surface area contributed by atoms with Gasteiger partial charge in [0.05, 0.1) is 4.90 Å². The van der Waals surface area contributed by atoms with Crippen LogP contribution < -0.4 is 10.0 Å². The number of carbonyl (C=O) groups excluding carboxylic acids is 1. The largest absolute Gasteiger partial charge is 0.339 e. The van der Waals surface area contributed by atoms with E-state index < -0.39 is 10.0 Å². The van der Waals surface area contributed by atoms with Gasteiger partial charge in [0.1, 0.15) is 0 Å². The molecule has 0 bridgehead atoms. The van der Waals surface area contributed by atoms with Gasteiger partial charge in [0.15, 0.2) is 0 Å². The lowest BCUT2D eigenvalue weighted by Gasteiger charge is -2.10. The van der Waals surface area contributed by atoms with E-state index >= 15 is 0 Å². The highest BCUT2D eigenvalue weighted by molar-refractivity contribution is 7.92. The summed E-state index contributed by atoms with van der Waals surface area (Å²) in [5.41, 5.74) is 2.69. The maximum Gasteiger partial charge on any atom is 0.261 e. The van der Waals surface area contributed by atoms with Crippen molar-refractivity contribution in [3.63, 3.8) is 0 Å². The summed E-state index contributed by atoms with van der Waals surface area (Å²) in [4.78, 5) is 20.7. The van der Waals surface area contributed by atoms with Gasteiger partial charge in [0.2, 0.25) is 17.6 Å². The second kappa shape index (κ2) is 9.61. The predicted molar refractivity (Wildman–Crippen MR) is 123 cm³/mol. The summed E-state index contributed by atoms with van der Waals surface area (Å²) >= 11 is 0. The monoisotopic (exact) mass is 463 g/mol. The molecule has 10 heteroatoms. The quantitative estimate of drug-likeness (QED) is 0.407. The number of hydrogen-bond acceptors (Lipinski definition) is 7. The number of anilines is 2. The van der Waals surface area contributed by atoms with Gasteiger partial charge in [-0.15, -0.1) is 0 Å². The number of aryl methyl sites for hydroxylation is 2. The summed E-state index contributed by atoms with van der Waals surface area (Å²) in [6.45, 7) is 1.89. The first-order valence-corrected chi connectivity index (χ1v) is 11.6. The van der Waals surface area contributed by atoms with Crippen LogP contribution in [0, 0.1) is 6.92 Å². The average molecular weight is 464 g/mol. The predicted octanol–water partition coefficient (Wildman–Crippen LogP) is 3.81. The van der Waals surface area contributed by atoms with Crippen LogP contribution in [-0.4, -0.2) is 29.4 Å². The zero-order valence-corrected chi connectivity index (χ0v) is 18.5. The number of nitrogens with one attached hydrogen (secondary N) is 2. The Labute approximate surface area is 190 Å². The highest BCUT2D eigenvalue weighted by Gasteiger charge is 2.14. The van der Waals surface area contributed by atoms with Crippen LogP contribution >= 0.6 is 0 Å². The fraction of sp³-hybridized carbons (Fsp3) is 0.130. The van der Waals surface area contributed by atoms with Crippen LogP contribution in [0.1, 0.15) is 17.9 Å². The Morgan fingerprint density at radius 1 is 0.939 bits per heavy atom. The van der Waals surface area contributed by atoms with E-state index in [1.165, 1.54) is 0 Å². The second-order valence-corrected chi connectivity index (χ2v) is 8.97. The van der Waals surface area contributed by atoms with E-state index in [0.29, 0.717) is 29.5 Å². The van der Waals surface area contributed by atoms with Crippen LogP contribution in [0.2, 0.25) is 0 Å². The number of hydrogen-bond donors (Lipinski definition) is 2. The number of rotatable bonds is 8. The summed E-state index contributed by atoms with van der Waals surface area (Å²) in [5.74, 6) is 0.570. The molecule has 0 saturated heterocycles. The van der Waals surface area contributed by atoms with Crippen molar-refractivity contribution in [2.45, 2.75) is 24.7 Å². The summed E-state index contributed by atoms with van der Waals surface area (Å²) in [7, 11) is -3.69. The standard InChI is InChI=1S/C23H21N5O4S/c1-16-2-8-20(9-3-16)33(30,31)28-19-6-4-18(5-7-19)25-21(29)10-11-22-26-23(27-32-22)17-12-14-24-15-13-17/h2-9,12-15,28H,10-11H2,1H3,(H,25,29). The minimum absolute atomic E-state index is 0.153. The molecule has 2 heterocycles. The van der Waals surface area contributed by atoms with E-state index in [4.69, 9.17) is 4.52 Å². The van der Waals surface area contributed by atoms with Crippen LogP contribution in [0.25, 0.3) is 11.4 Å². The summed E-state index contributed by atoms with van der Waals surface area (Å²) < 4.78 is 32.7. The lowest BCUT2D eigenvalue weighted by molar-refractivity contribution is -0.116. The van der Waals surface area contributed by atoms with E-state index in [1.54, 1.807) is 73.1 Å². The molecule has 1 amide bonds. The van der Waals surface area contributed by atoms with Crippen LogP contribution in [0.3, 0.4) is 0 Å². The molecule has 4 rings (SSSR count). The van der Waals surface area contributed by atoms with Crippen LogP contribution in [-0.2, 0) is 21.2 Å². The number of pyridine rings is 1. The number of nitrogens with zero attached hydrogens (tertiary/aromatic N) is 3. The Balaban J connectivity index is 1.30. The summed E-state index contributed by atoms with van der Waals surface area (Å²) in [5, 5.41) is 6.68. The number of aromatic nitrogens is 3. The van der Waals surface area contributed by atoms with Crippen molar-refractivity contribution in [3.05, 3.63) is 84.5 Å². The van der Waals surface area contributed by atoms with E-state index in [9.17, 15) is 13.2 Å². The zero-order valence-electron chi connectivity index (χ0n) is 17.7. The molecule has 4 aromatic rings. The molecule has 0 unspecified atom stereocenters. The molecule has 0 spiro atoms. The van der Waals surface area contributed by atoms with Gasteiger partial charge in [0.25, 0.3) is 10.0 Å². The second-order valence-electron chi connectivity index (χ2n) is 7.29. The molecule has 0 saturated carbocycles. The Kier molecular flexibility index (Phi) is 6.45. The molecule has 2 aromatic carbocycles. The molecule has 2 N–H and O–H groups in total. The highest BCUT2D eigenvalue weighted by Crippen LogP contribution is 2.19.